The molecule has 35 heavy (non-hydrogen) atoms. The standard InChI is InChI=1S/C28H23N5O2/c1-19-9-11-20(12-10-19)27-26(18-33(32-27)23-6-3-2-4-7-23)28(34)31-22-14-21(29)15-25(16-22)35-24-8-5-13-30-17-24/h2-18H,29H2,1H3,(H,31,34). The molecular formula is C28H23N5O2. The van der Waals surface area contributed by atoms with Crippen molar-refractivity contribution in [1.82, 2.24) is 14.8 Å². The summed E-state index contributed by atoms with van der Waals surface area (Å²) in [6, 6.07) is 26.3. The summed E-state index contributed by atoms with van der Waals surface area (Å²) < 4.78 is 7.55. The van der Waals surface area contributed by atoms with Crippen LogP contribution in [0.25, 0.3) is 16.9 Å². The SMILES string of the molecule is Cc1ccc(-c2nn(-c3ccccc3)cc2C(=O)Nc2cc(N)cc(Oc3cccnc3)c2)cc1. The maximum absolute atomic E-state index is 13.4. The zero-order chi connectivity index (χ0) is 24.2. The molecule has 3 N–H and O–H groups in total. The molecule has 0 atom stereocenters. The largest absolute Gasteiger partial charge is 0.456 e. The van der Waals surface area contributed by atoms with Crippen LogP contribution in [0.15, 0.2) is 104 Å². The van der Waals surface area contributed by atoms with Crippen LogP contribution in [0.1, 0.15) is 15.9 Å². The molecule has 2 aromatic heterocycles. The summed E-state index contributed by atoms with van der Waals surface area (Å²) in [5, 5.41) is 7.68. The first-order valence-electron chi connectivity index (χ1n) is 11.1. The predicted octanol–water partition coefficient (Wildman–Crippen LogP) is 5.87. The van der Waals surface area contributed by atoms with Gasteiger partial charge in [0.25, 0.3) is 5.91 Å². The Labute approximate surface area is 202 Å². The van der Waals surface area contributed by atoms with Crippen LogP contribution >= 0.6 is 0 Å². The minimum atomic E-state index is -0.305. The molecule has 7 nitrogen and oxygen atoms in total. The third-order valence-corrected chi connectivity index (χ3v) is 5.36. The third kappa shape index (κ3) is 5.04. The number of rotatable bonds is 6. The molecular weight excluding hydrogens is 438 g/mol. The van der Waals surface area contributed by atoms with Gasteiger partial charge in [-0.3, -0.25) is 9.78 Å². The fourth-order valence-electron chi connectivity index (χ4n) is 3.67. The molecule has 0 saturated heterocycles. The van der Waals surface area contributed by atoms with Gasteiger partial charge in [0, 0.05) is 41.5 Å². The average molecular weight is 462 g/mol. The first-order valence-corrected chi connectivity index (χ1v) is 11.1. The number of para-hydroxylation sites is 1. The summed E-state index contributed by atoms with van der Waals surface area (Å²) in [5.41, 5.74) is 10.9. The summed E-state index contributed by atoms with van der Waals surface area (Å²) in [6.07, 6.45) is 5.01. The second-order valence-corrected chi connectivity index (χ2v) is 8.07. The highest BCUT2D eigenvalue weighted by Crippen LogP contribution is 2.29. The molecule has 0 unspecified atom stereocenters. The number of anilines is 2. The first kappa shape index (κ1) is 21.9. The smallest absolute Gasteiger partial charge is 0.259 e. The maximum atomic E-state index is 13.4. The number of ether oxygens (including phenoxy) is 1. The number of aromatic nitrogens is 3. The molecule has 0 bridgehead atoms. The minimum Gasteiger partial charge on any atom is -0.456 e. The van der Waals surface area contributed by atoms with Gasteiger partial charge in [0.2, 0.25) is 0 Å². The lowest BCUT2D eigenvalue weighted by molar-refractivity contribution is 0.102. The molecule has 3 aromatic carbocycles. The van der Waals surface area contributed by atoms with Crippen LogP contribution in [-0.2, 0) is 0 Å². The average Bonchev–Trinajstić information content (AvgIpc) is 3.31. The molecule has 5 aromatic rings. The van der Waals surface area contributed by atoms with Gasteiger partial charge in [-0.25, -0.2) is 4.68 Å². The maximum Gasteiger partial charge on any atom is 0.259 e. The summed E-state index contributed by atoms with van der Waals surface area (Å²) >= 11 is 0. The Morgan fingerprint density at radius 1 is 0.943 bits per heavy atom. The number of nitrogen functional groups attached to an aromatic ring is 1. The molecule has 2 heterocycles. The van der Waals surface area contributed by atoms with Gasteiger partial charge >= 0.3 is 0 Å². The molecule has 0 radical (unpaired) electrons. The van der Waals surface area contributed by atoms with E-state index >= 15 is 0 Å². The number of nitrogens with two attached hydrogens (primary N) is 1. The van der Waals surface area contributed by atoms with Gasteiger partial charge in [0.1, 0.15) is 17.2 Å². The van der Waals surface area contributed by atoms with Gasteiger partial charge in [-0.15, -0.1) is 0 Å². The van der Waals surface area contributed by atoms with Crippen molar-refractivity contribution in [3.05, 3.63) is 115 Å². The van der Waals surface area contributed by atoms with E-state index in [0.29, 0.717) is 34.1 Å². The van der Waals surface area contributed by atoms with Gasteiger partial charge in [-0.05, 0) is 37.3 Å². The van der Waals surface area contributed by atoms with Crippen LogP contribution < -0.4 is 15.8 Å². The third-order valence-electron chi connectivity index (χ3n) is 5.36. The van der Waals surface area contributed by atoms with Crippen molar-refractivity contribution in [3.8, 4) is 28.4 Å². The lowest BCUT2D eigenvalue weighted by Gasteiger charge is -2.10. The van der Waals surface area contributed by atoms with Crippen molar-refractivity contribution >= 4 is 17.3 Å². The first-order chi connectivity index (χ1) is 17.0. The number of carbonyl (C=O) groups is 1. The Kier molecular flexibility index (Phi) is 5.96. The summed E-state index contributed by atoms with van der Waals surface area (Å²) in [6.45, 7) is 2.02. The van der Waals surface area contributed by atoms with Crippen molar-refractivity contribution in [2.75, 3.05) is 11.1 Å². The Morgan fingerprint density at radius 2 is 1.74 bits per heavy atom. The van der Waals surface area contributed by atoms with E-state index in [4.69, 9.17) is 15.6 Å². The van der Waals surface area contributed by atoms with Gasteiger partial charge in [0.15, 0.2) is 0 Å². The fourth-order valence-corrected chi connectivity index (χ4v) is 3.67. The monoisotopic (exact) mass is 461 g/mol. The second kappa shape index (κ2) is 9.52. The number of aryl methyl sites for hydroxylation is 1. The van der Waals surface area contributed by atoms with E-state index in [-0.39, 0.29) is 5.91 Å². The normalized spacial score (nSPS) is 10.7. The van der Waals surface area contributed by atoms with Crippen LogP contribution in [0.5, 0.6) is 11.5 Å². The second-order valence-electron chi connectivity index (χ2n) is 8.07. The molecule has 7 heteroatoms. The molecule has 0 saturated carbocycles. The molecule has 0 aliphatic rings. The topological polar surface area (TPSA) is 95.1 Å². The number of pyridine rings is 1. The van der Waals surface area contributed by atoms with Gasteiger partial charge in [-0.2, -0.15) is 5.10 Å². The van der Waals surface area contributed by atoms with E-state index in [1.165, 1.54) is 0 Å². The van der Waals surface area contributed by atoms with Crippen LogP contribution in [0.4, 0.5) is 11.4 Å². The molecule has 1 amide bonds. The van der Waals surface area contributed by atoms with E-state index < -0.39 is 0 Å². The predicted molar refractivity (Wildman–Crippen MR) is 137 cm³/mol. The Bertz CT molecular complexity index is 1460. The van der Waals surface area contributed by atoms with E-state index in [0.717, 1.165) is 16.8 Å². The van der Waals surface area contributed by atoms with E-state index in [1.807, 2.05) is 61.5 Å². The van der Waals surface area contributed by atoms with Gasteiger partial charge in [0.05, 0.1) is 17.4 Å². The number of benzene rings is 3. The quantitative estimate of drug-likeness (QED) is 0.308. The number of hydrogen-bond acceptors (Lipinski definition) is 5. The highest BCUT2D eigenvalue weighted by molar-refractivity contribution is 6.08. The number of nitrogens with zero attached hydrogens (tertiary/aromatic N) is 3. The molecule has 172 valence electrons. The minimum absolute atomic E-state index is 0.305. The van der Waals surface area contributed by atoms with Crippen molar-refractivity contribution < 1.29 is 9.53 Å². The van der Waals surface area contributed by atoms with E-state index in [1.54, 1.807) is 53.6 Å². The summed E-state index contributed by atoms with van der Waals surface area (Å²) in [4.78, 5) is 17.5. The molecule has 0 spiro atoms. The zero-order valence-corrected chi connectivity index (χ0v) is 19.1. The Hall–Kier alpha value is -4.91. The van der Waals surface area contributed by atoms with Gasteiger partial charge in [-0.1, -0.05) is 48.0 Å². The van der Waals surface area contributed by atoms with Crippen LogP contribution in [0, 0.1) is 6.92 Å². The van der Waals surface area contributed by atoms with Crippen molar-refractivity contribution in [1.29, 1.82) is 0 Å². The summed E-state index contributed by atoms with van der Waals surface area (Å²) in [5.74, 6) is 0.758. The number of nitrogens with one attached hydrogen (secondary N) is 1. The molecule has 5 rings (SSSR count). The van der Waals surface area contributed by atoms with Crippen LogP contribution in [0.3, 0.4) is 0 Å². The van der Waals surface area contributed by atoms with Crippen LogP contribution in [-0.4, -0.2) is 20.7 Å². The van der Waals surface area contributed by atoms with Gasteiger partial charge < -0.3 is 15.8 Å². The van der Waals surface area contributed by atoms with Crippen molar-refractivity contribution in [2.24, 2.45) is 0 Å². The zero-order valence-electron chi connectivity index (χ0n) is 19.1. The Morgan fingerprint density at radius 3 is 2.49 bits per heavy atom. The van der Waals surface area contributed by atoms with E-state index in [9.17, 15) is 4.79 Å². The highest BCUT2D eigenvalue weighted by atomic mass is 16.5. The lowest BCUT2D eigenvalue weighted by Crippen LogP contribution is -2.12. The van der Waals surface area contributed by atoms with E-state index in [2.05, 4.69) is 10.3 Å². The van der Waals surface area contributed by atoms with Crippen molar-refractivity contribution in [3.63, 3.8) is 0 Å². The molecule has 0 aliphatic heterocycles. The number of amides is 1. The fraction of sp³-hybridized carbons (Fsp3) is 0.0357. The number of carbonyl (C=O) groups excluding carboxylic acids is 1. The highest BCUT2D eigenvalue weighted by Gasteiger charge is 2.19. The Balaban J connectivity index is 1.48. The van der Waals surface area contributed by atoms with Crippen molar-refractivity contribution in [2.45, 2.75) is 6.92 Å². The van der Waals surface area contributed by atoms with Crippen LogP contribution in [0.2, 0.25) is 0 Å². The molecule has 0 aliphatic carbocycles. The lowest BCUT2D eigenvalue weighted by atomic mass is 10.1. The number of hydrogen-bond donors (Lipinski definition) is 2. The summed E-state index contributed by atoms with van der Waals surface area (Å²) in [7, 11) is 0. The molecule has 0 fully saturated rings.